The van der Waals surface area contributed by atoms with Crippen LogP contribution in [0.1, 0.15) is 41.6 Å². The number of anilines is 1. The molecule has 1 saturated heterocycles. The van der Waals surface area contributed by atoms with Crippen LogP contribution in [0.15, 0.2) is 24.4 Å². The van der Waals surface area contributed by atoms with Crippen LogP contribution in [0, 0.1) is 6.92 Å². The Labute approximate surface area is 172 Å². The van der Waals surface area contributed by atoms with Crippen LogP contribution in [-0.2, 0) is 0 Å². The Morgan fingerprint density at radius 2 is 1.87 bits per heavy atom. The standard InChI is InChI=1S/C20H24F3N5O2/c1-13(2)18-25-14(3)10-16(26-18)27-6-8-28(9-7-27)19(29)15-4-5-17(24-11-15)30-12-20(21,22)23/h4-5,10-11,13H,6-9,12H2,1-3H3. The van der Waals surface area contributed by atoms with Gasteiger partial charge < -0.3 is 14.5 Å². The van der Waals surface area contributed by atoms with Crippen molar-refractivity contribution in [1.82, 2.24) is 19.9 Å². The van der Waals surface area contributed by atoms with E-state index in [1.807, 2.05) is 26.8 Å². The van der Waals surface area contributed by atoms with E-state index in [4.69, 9.17) is 0 Å². The van der Waals surface area contributed by atoms with Gasteiger partial charge in [-0.15, -0.1) is 0 Å². The van der Waals surface area contributed by atoms with Gasteiger partial charge in [-0.1, -0.05) is 13.8 Å². The van der Waals surface area contributed by atoms with Crippen molar-refractivity contribution in [1.29, 1.82) is 0 Å². The van der Waals surface area contributed by atoms with E-state index in [0.29, 0.717) is 31.7 Å². The molecule has 0 aromatic carbocycles. The first-order chi connectivity index (χ1) is 14.1. The molecule has 0 radical (unpaired) electrons. The molecule has 1 aliphatic heterocycles. The lowest BCUT2D eigenvalue weighted by Gasteiger charge is -2.35. The molecule has 30 heavy (non-hydrogen) atoms. The summed E-state index contributed by atoms with van der Waals surface area (Å²) >= 11 is 0. The largest absolute Gasteiger partial charge is 0.468 e. The Morgan fingerprint density at radius 1 is 1.17 bits per heavy atom. The van der Waals surface area contributed by atoms with Gasteiger partial charge in [-0.25, -0.2) is 15.0 Å². The summed E-state index contributed by atoms with van der Waals surface area (Å²) in [7, 11) is 0. The highest BCUT2D eigenvalue weighted by atomic mass is 19.4. The molecule has 1 fully saturated rings. The van der Waals surface area contributed by atoms with Gasteiger partial charge in [0, 0.05) is 56.1 Å². The molecule has 3 heterocycles. The molecule has 0 atom stereocenters. The summed E-state index contributed by atoms with van der Waals surface area (Å²) in [4.78, 5) is 29.4. The number of piperazine rings is 1. The monoisotopic (exact) mass is 423 g/mol. The van der Waals surface area contributed by atoms with Gasteiger partial charge in [-0.3, -0.25) is 4.79 Å². The number of carbonyl (C=O) groups excluding carboxylic acids is 1. The third kappa shape index (κ3) is 5.58. The number of aromatic nitrogens is 3. The lowest BCUT2D eigenvalue weighted by molar-refractivity contribution is -0.154. The molecule has 2 aromatic heterocycles. The lowest BCUT2D eigenvalue weighted by Crippen LogP contribution is -2.49. The second kappa shape index (κ2) is 8.85. The predicted molar refractivity (Wildman–Crippen MR) is 105 cm³/mol. The predicted octanol–water partition coefficient (Wildman–Crippen LogP) is 3.21. The molecule has 1 aliphatic rings. The molecular weight excluding hydrogens is 399 g/mol. The molecule has 162 valence electrons. The summed E-state index contributed by atoms with van der Waals surface area (Å²) in [5, 5.41) is 0. The fraction of sp³-hybridized carbons (Fsp3) is 0.500. The van der Waals surface area contributed by atoms with Gasteiger partial charge >= 0.3 is 6.18 Å². The smallest absolute Gasteiger partial charge is 0.422 e. The van der Waals surface area contributed by atoms with Gasteiger partial charge in [0.15, 0.2) is 6.61 Å². The average molecular weight is 423 g/mol. The summed E-state index contributed by atoms with van der Waals surface area (Å²) < 4.78 is 41.2. The van der Waals surface area contributed by atoms with Crippen LogP contribution in [0.4, 0.5) is 19.0 Å². The number of amides is 1. The van der Waals surface area contributed by atoms with Gasteiger partial charge in [0.05, 0.1) is 5.56 Å². The molecule has 2 aromatic rings. The second-order valence-electron chi connectivity index (χ2n) is 7.45. The van der Waals surface area contributed by atoms with Crippen LogP contribution >= 0.6 is 0 Å². The highest BCUT2D eigenvalue weighted by Gasteiger charge is 2.29. The number of hydrogen-bond acceptors (Lipinski definition) is 6. The van der Waals surface area contributed by atoms with E-state index in [9.17, 15) is 18.0 Å². The van der Waals surface area contributed by atoms with Gasteiger partial charge in [-0.05, 0) is 13.0 Å². The van der Waals surface area contributed by atoms with Crippen molar-refractivity contribution < 1.29 is 22.7 Å². The highest BCUT2D eigenvalue weighted by Crippen LogP contribution is 2.20. The number of pyridine rings is 1. The fourth-order valence-corrected chi connectivity index (χ4v) is 3.06. The molecule has 7 nitrogen and oxygen atoms in total. The summed E-state index contributed by atoms with van der Waals surface area (Å²) in [6, 6.07) is 4.63. The van der Waals surface area contributed by atoms with E-state index in [0.717, 1.165) is 17.3 Å². The first-order valence-electron chi connectivity index (χ1n) is 9.68. The Balaban J connectivity index is 1.59. The van der Waals surface area contributed by atoms with Crippen molar-refractivity contribution >= 4 is 11.7 Å². The average Bonchev–Trinajstić information content (AvgIpc) is 2.71. The first kappa shape index (κ1) is 21.8. The lowest BCUT2D eigenvalue weighted by atomic mass is 10.2. The van der Waals surface area contributed by atoms with E-state index >= 15 is 0 Å². The molecule has 0 aliphatic carbocycles. The van der Waals surface area contributed by atoms with Crippen LogP contribution < -0.4 is 9.64 Å². The zero-order valence-corrected chi connectivity index (χ0v) is 17.1. The highest BCUT2D eigenvalue weighted by molar-refractivity contribution is 5.94. The van der Waals surface area contributed by atoms with Crippen molar-refractivity contribution in [3.63, 3.8) is 0 Å². The summed E-state index contributed by atoms with van der Waals surface area (Å²) in [5.74, 6) is 1.48. The van der Waals surface area contributed by atoms with Crippen LogP contribution in [0.5, 0.6) is 5.88 Å². The Bertz CT molecular complexity index is 879. The van der Waals surface area contributed by atoms with Gasteiger partial charge in [0.1, 0.15) is 11.6 Å². The minimum absolute atomic E-state index is 0.172. The summed E-state index contributed by atoms with van der Waals surface area (Å²) in [6.45, 7) is 6.86. The topological polar surface area (TPSA) is 71.5 Å². The van der Waals surface area contributed by atoms with Crippen LogP contribution in [0.2, 0.25) is 0 Å². The first-order valence-corrected chi connectivity index (χ1v) is 9.68. The summed E-state index contributed by atoms with van der Waals surface area (Å²) in [5.41, 5.74) is 1.21. The maximum Gasteiger partial charge on any atom is 0.422 e. The minimum atomic E-state index is -4.44. The fourth-order valence-electron chi connectivity index (χ4n) is 3.06. The maximum atomic E-state index is 12.7. The van der Waals surface area contributed by atoms with Crippen molar-refractivity contribution in [2.75, 3.05) is 37.7 Å². The SMILES string of the molecule is Cc1cc(N2CCN(C(=O)c3ccc(OCC(F)(F)F)nc3)CC2)nc(C(C)C)n1. The normalized spacial score (nSPS) is 14.9. The number of halogens is 3. The molecule has 3 rings (SSSR count). The number of ether oxygens (including phenoxy) is 1. The number of carbonyl (C=O) groups is 1. The van der Waals surface area contributed by atoms with Crippen molar-refractivity contribution in [2.24, 2.45) is 0 Å². The van der Waals surface area contributed by atoms with E-state index in [-0.39, 0.29) is 17.7 Å². The maximum absolute atomic E-state index is 12.7. The van der Waals surface area contributed by atoms with Gasteiger partial charge in [0.2, 0.25) is 5.88 Å². The van der Waals surface area contributed by atoms with Crippen LogP contribution in [0.25, 0.3) is 0 Å². The van der Waals surface area contributed by atoms with E-state index < -0.39 is 12.8 Å². The quantitative estimate of drug-likeness (QED) is 0.736. The van der Waals surface area contributed by atoms with Crippen molar-refractivity contribution in [2.45, 2.75) is 32.9 Å². The Kier molecular flexibility index (Phi) is 6.42. The number of rotatable bonds is 5. The van der Waals surface area contributed by atoms with E-state index in [1.165, 1.54) is 18.3 Å². The minimum Gasteiger partial charge on any atom is -0.468 e. The molecular formula is C20H24F3N5O2. The molecule has 10 heteroatoms. The molecule has 0 spiro atoms. The van der Waals surface area contributed by atoms with Gasteiger partial charge in [-0.2, -0.15) is 13.2 Å². The van der Waals surface area contributed by atoms with Crippen LogP contribution in [-0.4, -0.2) is 64.7 Å². The molecule has 0 saturated carbocycles. The third-order valence-electron chi connectivity index (χ3n) is 4.63. The second-order valence-corrected chi connectivity index (χ2v) is 7.45. The Hall–Kier alpha value is -2.91. The zero-order chi connectivity index (χ0) is 21.9. The summed E-state index contributed by atoms with van der Waals surface area (Å²) in [6.07, 6.45) is -3.20. The van der Waals surface area contributed by atoms with E-state index in [2.05, 4.69) is 24.6 Å². The molecule has 1 amide bonds. The zero-order valence-electron chi connectivity index (χ0n) is 17.1. The van der Waals surface area contributed by atoms with Gasteiger partial charge in [0.25, 0.3) is 5.91 Å². The van der Waals surface area contributed by atoms with Crippen molar-refractivity contribution in [3.8, 4) is 5.88 Å². The number of nitrogens with zero attached hydrogens (tertiary/aromatic N) is 5. The van der Waals surface area contributed by atoms with Crippen LogP contribution in [0.3, 0.4) is 0 Å². The number of hydrogen-bond donors (Lipinski definition) is 0. The Morgan fingerprint density at radius 3 is 2.43 bits per heavy atom. The van der Waals surface area contributed by atoms with Crippen molar-refractivity contribution in [3.05, 3.63) is 41.5 Å². The molecule has 0 bridgehead atoms. The number of alkyl halides is 3. The van der Waals surface area contributed by atoms with E-state index in [1.54, 1.807) is 4.90 Å². The number of aryl methyl sites for hydroxylation is 1. The third-order valence-corrected chi connectivity index (χ3v) is 4.63. The molecule has 0 N–H and O–H groups in total. The molecule has 0 unspecified atom stereocenters.